The highest BCUT2D eigenvalue weighted by Gasteiger charge is 2.23. The van der Waals surface area contributed by atoms with Crippen LogP contribution in [0.25, 0.3) is 11.2 Å². The number of anilines is 1. The lowest BCUT2D eigenvalue weighted by atomic mass is 10.1. The Morgan fingerprint density at radius 3 is 2.65 bits per heavy atom. The summed E-state index contributed by atoms with van der Waals surface area (Å²) in [7, 11) is 1.64. The summed E-state index contributed by atoms with van der Waals surface area (Å²) in [6, 6.07) is 6.68. The molecule has 3 aromatic rings. The van der Waals surface area contributed by atoms with E-state index in [4.69, 9.17) is 4.98 Å². The number of carbonyl (C=O) groups is 1. The van der Waals surface area contributed by atoms with Crippen molar-refractivity contribution in [3.05, 3.63) is 40.2 Å². The molecule has 31 heavy (non-hydrogen) atoms. The number of fused-ring (bicyclic) bond motifs is 1. The zero-order valence-electron chi connectivity index (χ0n) is 17.5. The Hall–Kier alpha value is -3.25. The van der Waals surface area contributed by atoms with Gasteiger partial charge < -0.3 is 10.0 Å². The van der Waals surface area contributed by atoms with Gasteiger partial charge in [-0.05, 0) is 38.3 Å². The molecule has 4 rings (SSSR count). The number of piperidine rings is 1. The van der Waals surface area contributed by atoms with Crippen LogP contribution in [0.4, 0.5) is 5.95 Å². The van der Waals surface area contributed by atoms with Crippen molar-refractivity contribution in [1.82, 2.24) is 19.1 Å². The summed E-state index contributed by atoms with van der Waals surface area (Å²) in [5.74, 6) is 5.63. The lowest BCUT2D eigenvalue weighted by molar-refractivity contribution is 0.0693. The number of hydrogen-bond acceptors (Lipinski definition) is 6. The van der Waals surface area contributed by atoms with Gasteiger partial charge in [-0.25, -0.2) is 9.78 Å². The molecule has 0 spiro atoms. The van der Waals surface area contributed by atoms with E-state index < -0.39 is 5.97 Å². The second-order valence-corrected chi connectivity index (χ2v) is 8.32. The predicted molar refractivity (Wildman–Crippen MR) is 120 cm³/mol. The molecule has 0 radical (unpaired) electrons. The van der Waals surface area contributed by atoms with Crippen molar-refractivity contribution in [2.24, 2.45) is 7.05 Å². The smallest absolute Gasteiger partial charge is 0.336 e. The summed E-state index contributed by atoms with van der Waals surface area (Å²) in [6.45, 7) is 3.91. The Balaban J connectivity index is 1.85. The summed E-state index contributed by atoms with van der Waals surface area (Å²) in [5, 5.41) is 9.86. The molecule has 3 heterocycles. The van der Waals surface area contributed by atoms with E-state index in [1.807, 2.05) is 4.57 Å². The van der Waals surface area contributed by atoms with E-state index in [1.165, 1.54) is 17.1 Å². The first-order valence-corrected chi connectivity index (χ1v) is 10.9. The SMILES string of the molecule is CC#CCn1c(N2CCCCC2)nc2nc(Sc3ccccc3C(=O)O)n(C)c(=O)c21. The van der Waals surface area contributed by atoms with Crippen molar-refractivity contribution in [3.8, 4) is 11.8 Å². The fraction of sp³-hybridized carbons (Fsp3) is 0.364. The number of imidazole rings is 1. The van der Waals surface area contributed by atoms with Crippen LogP contribution in [0.5, 0.6) is 0 Å². The van der Waals surface area contributed by atoms with Gasteiger partial charge in [0.15, 0.2) is 16.3 Å². The summed E-state index contributed by atoms with van der Waals surface area (Å²) >= 11 is 1.15. The molecule has 0 unspecified atom stereocenters. The van der Waals surface area contributed by atoms with Gasteiger partial charge in [0.2, 0.25) is 5.95 Å². The molecular formula is C22H23N5O3S. The first-order chi connectivity index (χ1) is 15.0. The van der Waals surface area contributed by atoms with Gasteiger partial charge in [0, 0.05) is 25.0 Å². The quantitative estimate of drug-likeness (QED) is 0.484. The zero-order chi connectivity index (χ0) is 22.0. The van der Waals surface area contributed by atoms with E-state index in [2.05, 4.69) is 21.7 Å². The lowest BCUT2D eigenvalue weighted by Gasteiger charge is -2.27. The van der Waals surface area contributed by atoms with Crippen molar-refractivity contribution in [3.63, 3.8) is 0 Å². The third-order valence-corrected chi connectivity index (χ3v) is 6.42. The van der Waals surface area contributed by atoms with E-state index in [1.54, 1.807) is 32.2 Å². The monoisotopic (exact) mass is 437 g/mol. The normalized spacial score (nSPS) is 13.8. The van der Waals surface area contributed by atoms with Gasteiger partial charge in [-0.3, -0.25) is 13.9 Å². The molecule has 0 bridgehead atoms. The molecule has 1 N–H and O–H groups in total. The molecule has 1 saturated heterocycles. The summed E-state index contributed by atoms with van der Waals surface area (Å²) in [4.78, 5) is 36.9. The minimum atomic E-state index is -1.02. The Morgan fingerprint density at radius 1 is 1.19 bits per heavy atom. The van der Waals surface area contributed by atoms with Crippen LogP contribution >= 0.6 is 11.8 Å². The van der Waals surface area contributed by atoms with E-state index >= 15 is 0 Å². The number of aromatic nitrogens is 4. The second kappa shape index (κ2) is 8.86. The van der Waals surface area contributed by atoms with Crippen molar-refractivity contribution >= 4 is 34.8 Å². The maximum absolute atomic E-state index is 13.3. The van der Waals surface area contributed by atoms with Crippen molar-refractivity contribution in [1.29, 1.82) is 0 Å². The maximum Gasteiger partial charge on any atom is 0.336 e. The summed E-state index contributed by atoms with van der Waals surface area (Å²) in [6.07, 6.45) is 3.36. The number of carboxylic acid groups (broad SMARTS) is 1. The van der Waals surface area contributed by atoms with E-state index in [9.17, 15) is 14.7 Å². The second-order valence-electron chi connectivity index (χ2n) is 7.31. The first-order valence-electron chi connectivity index (χ1n) is 10.1. The maximum atomic E-state index is 13.3. The Labute approximate surface area is 183 Å². The van der Waals surface area contributed by atoms with Crippen LogP contribution in [0.1, 0.15) is 36.5 Å². The van der Waals surface area contributed by atoms with Gasteiger partial charge >= 0.3 is 5.97 Å². The molecule has 0 aliphatic carbocycles. The first kappa shape index (κ1) is 21.0. The molecule has 0 saturated carbocycles. The minimum absolute atomic E-state index is 0.166. The molecule has 1 aliphatic rings. The fourth-order valence-electron chi connectivity index (χ4n) is 3.69. The molecule has 160 valence electrons. The highest BCUT2D eigenvalue weighted by Crippen LogP contribution is 2.30. The Kier molecular flexibility index (Phi) is 6.00. The largest absolute Gasteiger partial charge is 0.478 e. The topological polar surface area (TPSA) is 93.2 Å². The van der Waals surface area contributed by atoms with Crippen molar-refractivity contribution in [2.75, 3.05) is 18.0 Å². The molecule has 0 atom stereocenters. The van der Waals surface area contributed by atoms with E-state index in [0.29, 0.717) is 27.8 Å². The molecule has 1 fully saturated rings. The summed E-state index contributed by atoms with van der Waals surface area (Å²) in [5.41, 5.74) is 0.715. The molecule has 0 amide bonds. The molecule has 2 aromatic heterocycles. The fourth-order valence-corrected chi connectivity index (χ4v) is 4.65. The predicted octanol–water partition coefficient (Wildman–Crippen LogP) is 2.99. The standard InChI is InChI=1S/C22H23N5O3S/c1-3-4-14-27-17-18(23-21(27)26-12-8-5-9-13-26)24-22(25(2)19(17)28)31-16-11-7-6-10-15(16)20(29)30/h6-7,10-11H,5,8-9,12-14H2,1-2H3,(H,29,30). The molecule has 8 nitrogen and oxygen atoms in total. The molecule has 9 heteroatoms. The third-order valence-electron chi connectivity index (χ3n) is 5.30. The van der Waals surface area contributed by atoms with Crippen molar-refractivity contribution in [2.45, 2.75) is 42.8 Å². The van der Waals surface area contributed by atoms with Gasteiger partial charge in [0.1, 0.15) is 0 Å². The number of aromatic carboxylic acids is 1. The number of carboxylic acids is 1. The zero-order valence-corrected chi connectivity index (χ0v) is 18.3. The molecule has 1 aliphatic heterocycles. The van der Waals surface area contributed by atoms with Gasteiger partial charge in [-0.15, -0.1) is 5.92 Å². The van der Waals surface area contributed by atoms with Crippen LogP contribution in [-0.2, 0) is 13.6 Å². The van der Waals surface area contributed by atoms with Crippen molar-refractivity contribution < 1.29 is 9.90 Å². The Bertz CT molecular complexity index is 1260. The lowest BCUT2D eigenvalue weighted by Crippen LogP contribution is -2.32. The van der Waals surface area contributed by atoms with E-state index in [-0.39, 0.29) is 11.1 Å². The van der Waals surface area contributed by atoms with Gasteiger partial charge in [0.25, 0.3) is 5.56 Å². The van der Waals surface area contributed by atoms with E-state index in [0.717, 1.165) is 43.6 Å². The van der Waals surface area contributed by atoms with Crippen LogP contribution in [-0.4, -0.2) is 43.3 Å². The average molecular weight is 438 g/mol. The van der Waals surface area contributed by atoms with Gasteiger partial charge in [-0.1, -0.05) is 29.8 Å². The Morgan fingerprint density at radius 2 is 1.94 bits per heavy atom. The number of rotatable bonds is 5. The van der Waals surface area contributed by atoms with Crippen LogP contribution in [0.15, 0.2) is 39.1 Å². The van der Waals surface area contributed by atoms with Gasteiger partial charge in [-0.2, -0.15) is 4.98 Å². The molecular weight excluding hydrogens is 414 g/mol. The number of hydrogen-bond donors (Lipinski definition) is 1. The average Bonchev–Trinajstić information content (AvgIpc) is 3.15. The minimum Gasteiger partial charge on any atom is -0.478 e. The van der Waals surface area contributed by atoms with Crippen LogP contribution < -0.4 is 10.5 Å². The van der Waals surface area contributed by atoms with Gasteiger partial charge in [0.05, 0.1) is 12.1 Å². The highest BCUT2D eigenvalue weighted by molar-refractivity contribution is 7.99. The third kappa shape index (κ3) is 4.03. The summed E-state index contributed by atoms with van der Waals surface area (Å²) < 4.78 is 3.30. The van der Waals surface area contributed by atoms with Crippen LogP contribution in [0, 0.1) is 11.8 Å². The number of nitrogens with zero attached hydrogens (tertiary/aromatic N) is 5. The van der Waals surface area contributed by atoms with Crippen LogP contribution in [0.2, 0.25) is 0 Å². The van der Waals surface area contributed by atoms with Crippen LogP contribution in [0.3, 0.4) is 0 Å². The number of benzene rings is 1. The molecule has 1 aromatic carbocycles. The highest BCUT2D eigenvalue weighted by atomic mass is 32.2.